The van der Waals surface area contributed by atoms with Crippen LogP contribution < -0.4 is 15.6 Å². The van der Waals surface area contributed by atoms with Crippen LogP contribution in [0.2, 0.25) is 4.34 Å². The Morgan fingerprint density at radius 1 is 1.15 bits per heavy atom. The van der Waals surface area contributed by atoms with Crippen molar-refractivity contribution >= 4 is 52.0 Å². The maximum absolute atomic E-state index is 13.9. The normalized spacial score (nSPS) is 10.9. The lowest BCUT2D eigenvalue weighted by Crippen LogP contribution is -2.26. The molecular weight excluding hydrogens is 576 g/mol. The van der Waals surface area contributed by atoms with Gasteiger partial charge in [-0.1, -0.05) is 17.7 Å². The fraction of sp³-hybridized carbons (Fsp3) is 0.154. The molecule has 0 radical (unpaired) electrons. The van der Waals surface area contributed by atoms with Crippen LogP contribution in [0.4, 0.5) is 5.82 Å². The minimum absolute atomic E-state index is 0.0944. The van der Waals surface area contributed by atoms with Gasteiger partial charge in [-0.2, -0.15) is 9.78 Å². The van der Waals surface area contributed by atoms with Gasteiger partial charge in [0, 0.05) is 22.8 Å². The van der Waals surface area contributed by atoms with Crippen molar-refractivity contribution in [1.82, 2.24) is 24.3 Å². The third-order valence-corrected chi connectivity index (χ3v) is 7.80. The molecule has 1 N–H and O–H groups in total. The summed E-state index contributed by atoms with van der Waals surface area (Å²) >= 11 is 8.64. The van der Waals surface area contributed by atoms with E-state index < -0.39 is 17.4 Å². The third kappa shape index (κ3) is 5.39. The van der Waals surface area contributed by atoms with Crippen molar-refractivity contribution in [1.29, 1.82) is 0 Å². The average Bonchev–Trinajstić information content (AvgIpc) is 3.73. The topological polar surface area (TPSA) is 130 Å². The van der Waals surface area contributed by atoms with Crippen molar-refractivity contribution in [2.24, 2.45) is 0 Å². The summed E-state index contributed by atoms with van der Waals surface area (Å²) in [5.74, 6) is -0.682. The van der Waals surface area contributed by atoms with E-state index in [2.05, 4.69) is 20.4 Å². The lowest BCUT2D eigenvalue weighted by molar-refractivity contribution is -0.141. The molecule has 5 rings (SSSR count). The van der Waals surface area contributed by atoms with Crippen molar-refractivity contribution in [3.63, 3.8) is 0 Å². The van der Waals surface area contributed by atoms with Gasteiger partial charge < -0.3 is 19.4 Å². The number of hydrogen-bond acceptors (Lipinski definition) is 11. The molecular formula is C26H21ClN6O5S2. The number of nitrogens with zero attached hydrogens (tertiary/aromatic N) is 5. The molecule has 204 valence electrons. The highest BCUT2D eigenvalue weighted by atomic mass is 35.5. The van der Waals surface area contributed by atoms with Crippen LogP contribution in [-0.2, 0) is 22.6 Å². The number of anilines is 1. The lowest BCUT2D eigenvalue weighted by atomic mass is 10.0. The predicted molar refractivity (Wildman–Crippen MR) is 152 cm³/mol. The smallest absolute Gasteiger partial charge is 0.325 e. The van der Waals surface area contributed by atoms with Gasteiger partial charge in [-0.25, -0.2) is 0 Å². The second-order valence-electron chi connectivity index (χ2n) is 8.20. The molecule has 0 amide bonds. The summed E-state index contributed by atoms with van der Waals surface area (Å²) in [4.78, 5) is 49.1. The molecule has 0 aliphatic rings. The van der Waals surface area contributed by atoms with Gasteiger partial charge in [0.15, 0.2) is 11.6 Å². The number of thiophene rings is 1. The summed E-state index contributed by atoms with van der Waals surface area (Å²) in [6.07, 6.45) is 4.52. The second-order valence-corrected chi connectivity index (χ2v) is 10.9. The van der Waals surface area contributed by atoms with Crippen LogP contribution >= 0.6 is 34.3 Å². The van der Waals surface area contributed by atoms with Crippen molar-refractivity contribution in [2.45, 2.75) is 13.1 Å². The first-order valence-corrected chi connectivity index (χ1v) is 13.8. The number of methoxy groups -OCH3 is 2. The number of carbonyl (C=O) groups excluding carboxylic acids is 2. The van der Waals surface area contributed by atoms with Crippen LogP contribution in [0.1, 0.15) is 14.5 Å². The van der Waals surface area contributed by atoms with Crippen molar-refractivity contribution < 1.29 is 19.1 Å². The zero-order chi connectivity index (χ0) is 28.2. The standard InChI is InChI=1S/C26H21ClN6O5S2/c1-37-20(34)13-32-10-8-16(17-5-3-4-9-29-17)21(26(32)36)22-23(38-2)24(30-11-15-6-7-19(27)40-15)33(31-22)25(35)18-12-28-14-39-18/h3-10,12,14,30H,11,13H2,1-2H3. The molecule has 5 aromatic rings. The first-order chi connectivity index (χ1) is 19.4. The molecule has 5 aromatic heterocycles. The Labute approximate surface area is 240 Å². The SMILES string of the molecule is COC(=O)Cn1ccc(-c2ccccn2)c(-c2nn(C(=O)c3cncs3)c(NCc3ccc(Cl)s3)c2OC)c1=O. The molecule has 0 spiro atoms. The van der Waals surface area contributed by atoms with E-state index in [0.717, 1.165) is 20.9 Å². The number of hydrogen-bond donors (Lipinski definition) is 1. The summed E-state index contributed by atoms with van der Waals surface area (Å²) in [7, 11) is 2.66. The summed E-state index contributed by atoms with van der Waals surface area (Å²) in [6.45, 7) is -0.0127. The Bertz CT molecular complexity index is 1730. The van der Waals surface area contributed by atoms with Crippen LogP contribution in [0.15, 0.2) is 65.3 Å². The van der Waals surface area contributed by atoms with E-state index in [1.54, 1.807) is 36.5 Å². The number of aromatic nitrogens is 5. The average molecular weight is 597 g/mol. The van der Waals surface area contributed by atoms with Gasteiger partial charge in [0.1, 0.15) is 17.1 Å². The zero-order valence-electron chi connectivity index (χ0n) is 21.2. The van der Waals surface area contributed by atoms with E-state index in [-0.39, 0.29) is 29.4 Å². The Hall–Kier alpha value is -4.33. The molecule has 0 aliphatic carbocycles. The van der Waals surface area contributed by atoms with Gasteiger partial charge in [0.2, 0.25) is 0 Å². The molecule has 5 heterocycles. The Kier molecular flexibility index (Phi) is 8.05. The molecule has 40 heavy (non-hydrogen) atoms. The second kappa shape index (κ2) is 11.8. The molecule has 0 aliphatic heterocycles. The summed E-state index contributed by atoms with van der Waals surface area (Å²) in [6, 6.07) is 10.6. The largest absolute Gasteiger partial charge is 0.491 e. The summed E-state index contributed by atoms with van der Waals surface area (Å²) in [5, 5.41) is 7.81. The first kappa shape index (κ1) is 27.2. The summed E-state index contributed by atoms with van der Waals surface area (Å²) < 4.78 is 13.5. The molecule has 0 saturated heterocycles. The number of carbonyl (C=O) groups is 2. The van der Waals surface area contributed by atoms with Crippen LogP contribution in [0.3, 0.4) is 0 Å². The maximum atomic E-state index is 13.9. The molecule has 0 bridgehead atoms. The van der Waals surface area contributed by atoms with E-state index in [0.29, 0.717) is 27.0 Å². The fourth-order valence-corrected chi connectivity index (χ4v) is 5.54. The highest BCUT2D eigenvalue weighted by Crippen LogP contribution is 2.39. The number of pyridine rings is 2. The zero-order valence-corrected chi connectivity index (χ0v) is 23.5. The van der Waals surface area contributed by atoms with Crippen molar-refractivity contribution in [3.05, 3.63) is 84.9 Å². The quantitative estimate of drug-likeness (QED) is 0.246. The van der Waals surface area contributed by atoms with Crippen molar-refractivity contribution in [3.8, 4) is 28.3 Å². The van der Waals surface area contributed by atoms with E-state index in [4.69, 9.17) is 21.1 Å². The van der Waals surface area contributed by atoms with E-state index in [9.17, 15) is 14.4 Å². The highest BCUT2D eigenvalue weighted by Gasteiger charge is 2.29. The third-order valence-electron chi connectivity index (χ3n) is 5.81. The maximum Gasteiger partial charge on any atom is 0.325 e. The molecule has 11 nitrogen and oxygen atoms in total. The molecule has 0 saturated carbocycles. The van der Waals surface area contributed by atoms with Gasteiger partial charge in [-0.15, -0.1) is 22.7 Å². The predicted octanol–water partition coefficient (Wildman–Crippen LogP) is 4.43. The highest BCUT2D eigenvalue weighted by molar-refractivity contribution is 7.16. The van der Waals surface area contributed by atoms with Crippen LogP contribution in [0.25, 0.3) is 22.5 Å². The van der Waals surface area contributed by atoms with Gasteiger partial charge in [-0.05, 0) is 30.3 Å². The number of thiazole rings is 1. The van der Waals surface area contributed by atoms with Crippen LogP contribution in [0, 0.1) is 0 Å². The van der Waals surface area contributed by atoms with E-state index >= 15 is 0 Å². The monoisotopic (exact) mass is 596 g/mol. The minimum atomic E-state index is -0.603. The lowest BCUT2D eigenvalue weighted by Gasteiger charge is -2.12. The van der Waals surface area contributed by atoms with Gasteiger partial charge in [0.25, 0.3) is 11.5 Å². The Morgan fingerprint density at radius 3 is 2.65 bits per heavy atom. The van der Waals surface area contributed by atoms with Crippen LogP contribution in [0.5, 0.6) is 5.75 Å². The van der Waals surface area contributed by atoms with Crippen LogP contribution in [-0.4, -0.2) is 50.4 Å². The number of nitrogens with one attached hydrogen (secondary N) is 1. The Balaban J connectivity index is 1.73. The number of rotatable bonds is 9. The minimum Gasteiger partial charge on any atom is -0.491 e. The fourth-order valence-electron chi connectivity index (χ4n) is 3.97. The Morgan fingerprint density at radius 2 is 2.00 bits per heavy atom. The number of halogens is 1. The van der Waals surface area contributed by atoms with E-state index in [1.165, 1.54) is 48.0 Å². The van der Waals surface area contributed by atoms with Gasteiger partial charge in [0.05, 0.1) is 48.1 Å². The van der Waals surface area contributed by atoms with Gasteiger partial charge >= 0.3 is 5.97 Å². The van der Waals surface area contributed by atoms with Gasteiger partial charge in [-0.3, -0.25) is 24.4 Å². The number of esters is 1. The molecule has 14 heteroatoms. The summed E-state index contributed by atoms with van der Waals surface area (Å²) in [5.41, 5.74) is 2.12. The number of ether oxygens (including phenoxy) is 2. The molecule has 0 atom stereocenters. The van der Waals surface area contributed by atoms with Crippen molar-refractivity contribution in [2.75, 3.05) is 19.5 Å². The molecule has 0 unspecified atom stereocenters. The first-order valence-electron chi connectivity index (χ1n) is 11.7. The molecule has 0 aromatic carbocycles. The molecule has 0 fully saturated rings. The van der Waals surface area contributed by atoms with E-state index in [1.807, 2.05) is 6.07 Å².